The summed E-state index contributed by atoms with van der Waals surface area (Å²) in [6.07, 6.45) is 0. The third-order valence-corrected chi connectivity index (χ3v) is 4.82. The molecule has 3 aromatic rings. The number of carbonyl (C=O) groups excluding carboxylic acids is 1. The van der Waals surface area contributed by atoms with Gasteiger partial charge in [0, 0.05) is 10.1 Å². The van der Waals surface area contributed by atoms with Crippen LogP contribution in [0.4, 0.5) is 14.5 Å². The molecule has 0 atom stereocenters. The molecule has 0 aliphatic heterocycles. The smallest absolute Gasteiger partial charge is 0.267 e. The van der Waals surface area contributed by atoms with Gasteiger partial charge in [-0.2, -0.15) is 0 Å². The lowest BCUT2D eigenvalue weighted by Gasteiger charge is -2.06. The molecule has 112 valence electrons. The normalized spacial score (nSPS) is 10.9. The number of anilines is 1. The zero-order valence-electron chi connectivity index (χ0n) is 11.4. The van der Waals surface area contributed by atoms with Crippen LogP contribution in [0.2, 0.25) is 5.02 Å². The molecule has 0 spiro atoms. The van der Waals surface area contributed by atoms with Gasteiger partial charge in [-0.1, -0.05) is 17.7 Å². The van der Waals surface area contributed by atoms with Crippen LogP contribution in [0.25, 0.3) is 10.1 Å². The van der Waals surface area contributed by atoms with Gasteiger partial charge < -0.3 is 5.32 Å². The highest BCUT2D eigenvalue weighted by Crippen LogP contribution is 2.36. The molecule has 22 heavy (non-hydrogen) atoms. The third kappa shape index (κ3) is 2.69. The van der Waals surface area contributed by atoms with E-state index in [1.54, 1.807) is 13.0 Å². The minimum Gasteiger partial charge on any atom is -0.319 e. The van der Waals surface area contributed by atoms with E-state index in [0.717, 1.165) is 16.9 Å². The van der Waals surface area contributed by atoms with Gasteiger partial charge in [0.05, 0.1) is 10.7 Å². The van der Waals surface area contributed by atoms with E-state index >= 15 is 0 Å². The highest BCUT2D eigenvalue weighted by molar-refractivity contribution is 7.21. The molecule has 1 N–H and O–H groups in total. The summed E-state index contributed by atoms with van der Waals surface area (Å²) in [4.78, 5) is 12.5. The van der Waals surface area contributed by atoms with E-state index in [9.17, 15) is 13.6 Å². The van der Waals surface area contributed by atoms with Gasteiger partial charge in [-0.05, 0) is 42.8 Å². The summed E-state index contributed by atoms with van der Waals surface area (Å²) in [5.74, 6) is -1.44. The van der Waals surface area contributed by atoms with Gasteiger partial charge in [0.15, 0.2) is 0 Å². The number of fused-ring (bicyclic) bond motifs is 1. The molecule has 0 saturated carbocycles. The van der Waals surface area contributed by atoms with Gasteiger partial charge in [0.1, 0.15) is 16.5 Å². The molecule has 2 aromatic carbocycles. The Morgan fingerprint density at radius 2 is 1.95 bits per heavy atom. The molecule has 0 aliphatic rings. The molecule has 1 amide bonds. The van der Waals surface area contributed by atoms with E-state index < -0.39 is 17.5 Å². The Labute approximate surface area is 134 Å². The lowest BCUT2D eigenvalue weighted by Crippen LogP contribution is -2.12. The second-order valence-corrected chi connectivity index (χ2v) is 6.25. The third-order valence-electron chi connectivity index (χ3n) is 3.17. The van der Waals surface area contributed by atoms with Gasteiger partial charge >= 0.3 is 0 Å². The van der Waals surface area contributed by atoms with Crippen molar-refractivity contribution in [2.24, 2.45) is 0 Å². The number of benzene rings is 2. The molecule has 0 saturated heterocycles. The van der Waals surface area contributed by atoms with Crippen molar-refractivity contribution in [3.63, 3.8) is 0 Å². The average molecular weight is 338 g/mol. The molecule has 1 aromatic heterocycles. The van der Waals surface area contributed by atoms with Crippen molar-refractivity contribution >= 4 is 44.6 Å². The Kier molecular flexibility index (Phi) is 3.85. The quantitative estimate of drug-likeness (QED) is 0.667. The van der Waals surface area contributed by atoms with E-state index in [1.165, 1.54) is 30.3 Å². The molecule has 0 unspecified atom stereocenters. The number of carbonyl (C=O) groups is 1. The lowest BCUT2D eigenvalue weighted by molar-refractivity contribution is 0.103. The highest BCUT2D eigenvalue weighted by Gasteiger charge is 2.18. The minimum atomic E-state index is -0.526. The van der Waals surface area contributed by atoms with E-state index in [0.29, 0.717) is 10.1 Å². The Bertz CT molecular complexity index is 891. The van der Waals surface area contributed by atoms with Crippen molar-refractivity contribution in [1.29, 1.82) is 0 Å². The van der Waals surface area contributed by atoms with E-state index in [-0.39, 0.29) is 15.6 Å². The lowest BCUT2D eigenvalue weighted by atomic mass is 10.2. The summed E-state index contributed by atoms with van der Waals surface area (Å²) in [5.41, 5.74) is 0.908. The number of rotatable bonds is 2. The summed E-state index contributed by atoms with van der Waals surface area (Å²) in [6.45, 7) is 1.80. The summed E-state index contributed by atoms with van der Waals surface area (Å²) >= 11 is 7.24. The largest absolute Gasteiger partial charge is 0.319 e. The Morgan fingerprint density at radius 1 is 1.18 bits per heavy atom. The zero-order chi connectivity index (χ0) is 15.9. The van der Waals surface area contributed by atoms with E-state index in [2.05, 4.69) is 5.32 Å². The maximum atomic E-state index is 13.7. The van der Waals surface area contributed by atoms with E-state index in [1.807, 2.05) is 0 Å². The first kappa shape index (κ1) is 14.9. The fraction of sp³-hybridized carbons (Fsp3) is 0.0625. The Morgan fingerprint density at radius 3 is 2.73 bits per heavy atom. The topological polar surface area (TPSA) is 29.1 Å². The van der Waals surface area contributed by atoms with Crippen molar-refractivity contribution in [3.05, 3.63) is 63.5 Å². The van der Waals surface area contributed by atoms with Gasteiger partial charge in [-0.3, -0.25) is 4.79 Å². The molecule has 3 rings (SSSR count). The average Bonchev–Trinajstić information content (AvgIpc) is 2.79. The van der Waals surface area contributed by atoms with Gasteiger partial charge in [-0.15, -0.1) is 11.3 Å². The van der Waals surface area contributed by atoms with Crippen LogP contribution in [-0.4, -0.2) is 5.91 Å². The molecule has 0 aliphatic carbocycles. The summed E-state index contributed by atoms with van der Waals surface area (Å²) in [7, 11) is 0. The second-order valence-electron chi connectivity index (χ2n) is 4.82. The van der Waals surface area contributed by atoms with Crippen LogP contribution in [0.3, 0.4) is 0 Å². The van der Waals surface area contributed by atoms with Crippen molar-refractivity contribution in [2.45, 2.75) is 6.92 Å². The van der Waals surface area contributed by atoms with Crippen molar-refractivity contribution in [3.8, 4) is 0 Å². The molecule has 1 heterocycles. The predicted molar refractivity (Wildman–Crippen MR) is 85.9 cm³/mol. The van der Waals surface area contributed by atoms with Gasteiger partial charge in [0.2, 0.25) is 0 Å². The Hall–Kier alpha value is -1.98. The summed E-state index contributed by atoms with van der Waals surface area (Å²) < 4.78 is 27.5. The van der Waals surface area contributed by atoms with Crippen LogP contribution >= 0.6 is 22.9 Å². The number of aryl methyl sites for hydroxylation is 1. The number of hydrogen-bond donors (Lipinski definition) is 1. The van der Waals surface area contributed by atoms with Crippen LogP contribution in [0.15, 0.2) is 36.4 Å². The number of halogens is 3. The maximum Gasteiger partial charge on any atom is 0.267 e. The van der Waals surface area contributed by atoms with Gasteiger partial charge in [-0.25, -0.2) is 8.78 Å². The fourth-order valence-electron chi connectivity index (χ4n) is 2.10. The highest BCUT2D eigenvalue weighted by atomic mass is 35.5. The van der Waals surface area contributed by atoms with E-state index in [4.69, 9.17) is 11.6 Å². The van der Waals surface area contributed by atoms with Crippen LogP contribution in [0.1, 0.15) is 15.2 Å². The first-order chi connectivity index (χ1) is 10.5. The van der Waals surface area contributed by atoms with Crippen LogP contribution in [0.5, 0.6) is 0 Å². The van der Waals surface area contributed by atoms with Crippen LogP contribution < -0.4 is 5.32 Å². The zero-order valence-corrected chi connectivity index (χ0v) is 13.0. The standard InChI is InChI=1S/C16H10ClF2NOS/c1-8-2-5-11(19)12(6-8)20-16(21)15-14(17)10-4-3-9(18)7-13(10)22-15/h2-7H,1H3,(H,20,21). The molecular weight excluding hydrogens is 328 g/mol. The molecule has 6 heteroatoms. The van der Waals surface area contributed by atoms with Crippen LogP contribution in [0, 0.1) is 18.6 Å². The number of nitrogens with one attached hydrogen (secondary N) is 1. The predicted octanol–water partition coefficient (Wildman–Crippen LogP) is 5.39. The van der Waals surface area contributed by atoms with Gasteiger partial charge in [0.25, 0.3) is 5.91 Å². The van der Waals surface area contributed by atoms with Crippen molar-refractivity contribution < 1.29 is 13.6 Å². The van der Waals surface area contributed by atoms with Crippen LogP contribution in [-0.2, 0) is 0 Å². The molecule has 0 radical (unpaired) electrons. The van der Waals surface area contributed by atoms with Crippen molar-refractivity contribution in [2.75, 3.05) is 5.32 Å². The van der Waals surface area contributed by atoms with Crippen molar-refractivity contribution in [1.82, 2.24) is 0 Å². The monoisotopic (exact) mass is 337 g/mol. The molecular formula is C16H10ClF2NOS. The fourth-order valence-corrected chi connectivity index (χ4v) is 3.54. The maximum absolute atomic E-state index is 13.7. The molecule has 0 fully saturated rings. The minimum absolute atomic E-state index is 0.0877. The first-order valence-electron chi connectivity index (χ1n) is 6.41. The summed E-state index contributed by atoms with van der Waals surface area (Å²) in [5, 5.41) is 3.34. The molecule has 2 nitrogen and oxygen atoms in total. The summed E-state index contributed by atoms with van der Waals surface area (Å²) in [6, 6.07) is 8.55. The second kappa shape index (κ2) is 5.66. The SMILES string of the molecule is Cc1ccc(F)c(NC(=O)c2sc3cc(F)ccc3c2Cl)c1. The number of amides is 1. The molecule has 0 bridgehead atoms. The number of hydrogen-bond acceptors (Lipinski definition) is 2. The number of thiophene rings is 1. The Balaban J connectivity index is 1.98. The first-order valence-corrected chi connectivity index (χ1v) is 7.60.